The van der Waals surface area contributed by atoms with Crippen molar-refractivity contribution in [3.8, 4) is 0 Å². The average Bonchev–Trinajstić information content (AvgIpc) is 3.12. The zero-order valence-electron chi connectivity index (χ0n) is 22.9. The molecule has 3 fully saturated rings. The molecule has 9 nitrogen and oxygen atoms in total. The summed E-state index contributed by atoms with van der Waals surface area (Å²) in [6.07, 6.45) is -3.37. The van der Waals surface area contributed by atoms with Crippen LogP contribution in [-0.4, -0.2) is 57.3 Å². The van der Waals surface area contributed by atoms with E-state index in [1.807, 2.05) is 16.7 Å². The van der Waals surface area contributed by atoms with Crippen LogP contribution in [0.5, 0.6) is 0 Å². The largest absolute Gasteiger partial charge is 0.542 e. The van der Waals surface area contributed by atoms with Crippen LogP contribution >= 0.6 is 11.6 Å². The molecule has 2 aromatic heterocycles. The molecule has 1 N–H and O–H groups in total. The molecule has 2 atom stereocenters. The number of alkyl halides is 3. The maximum Gasteiger partial charge on any atom is 0.430 e. The SMILES string of the molecule is Cn1c(=O)n(CC(C)(C)C)c2ccc(N3CC4CCC3CN4C(=O)c3cc(Cl)ccc3F)[nH+]c21.O=C([O-])C(F)(F)F. The summed E-state index contributed by atoms with van der Waals surface area (Å²) in [4.78, 5) is 42.4. The predicted octanol–water partition coefficient (Wildman–Crippen LogP) is 2.78. The number of carbonyl (C=O) groups excluding carboxylic acids is 2. The van der Waals surface area contributed by atoms with Gasteiger partial charge in [0.25, 0.3) is 11.6 Å². The highest BCUT2D eigenvalue weighted by molar-refractivity contribution is 6.31. The Morgan fingerprint density at radius 2 is 1.71 bits per heavy atom. The molecule has 0 radical (unpaired) electrons. The number of anilines is 1. The molecule has 41 heavy (non-hydrogen) atoms. The molecule has 5 heterocycles. The van der Waals surface area contributed by atoms with Gasteiger partial charge in [0, 0.05) is 17.6 Å². The number of pyridine rings is 1. The van der Waals surface area contributed by atoms with Crippen LogP contribution in [0.4, 0.5) is 23.4 Å². The number of hydrogen-bond donors (Lipinski definition) is 0. The average molecular weight is 600 g/mol. The molecular formula is C27H30ClF4N5O4. The van der Waals surface area contributed by atoms with Crippen LogP contribution in [0.25, 0.3) is 11.2 Å². The first-order chi connectivity index (χ1) is 19.0. The van der Waals surface area contributed by atoms with Crippen LogP contribution in [0.15, 0.2) is 35.1 Å². The summed E-state index contributed by atoms with van der Waals surface area (Å²) in [7, 11) is 1.78. The van der Waals surface area contributed by atoms with Gasteiger partial charge in [-0.25, -0.2) is 18.7 Å². The maximum absolute atomic E-state index is 14.3. The van der Waals surface area contributed by atoms with Crippen molar-refractivity contribution in [1.29, 1.82) is 0 Å². The number of carboxylic acids is 1. The molecule has 6 rings (SSSR count). The van der Waals surface area contributed by atoms with E-state index in [1.165, 1.54) is 18.2 Å². The van der Waals surface area contributed by atoms with E-state index in [0.717, 1.165) is 29.8 Å². The lowest BCUT2D eigenvalue weighted by molar-refractivity contribution is -0.344. The highest BCUT2D eigenvalue weighted by atomic mass is 35.5. The Balaban J connectivity index is 0.000000493. The lowest BCUT2D eigenvalue weighted by Gasteiger charge is -2.49. The molecule has 0 aliphatic carbocycles. The summed E-state index contributed by atoms with van der Waals surface area (Å²) < 4.78 is 49.4. The molecular weight excluding hydrogens is 570 g/mol. The molecule has 2 unspecified atom stereocenters. The van der Waals surface area contributed by atoms with Crippen molar-refractivity contribution >= 4 is 40.5 Å². The number of benzene rings is 1. The van der Waals surface area contributed by atoms with Gasteiger partial charge in [-0.05, 0) is 42.5 Å². The maximum atomic E-state index is 14.3. The molecule has 3 aromatic rings. The number of aromatic amines is 1. The number of H-pyrrole nitrogens is 1. The smallest absolute Gasteiger partial charge is 0.430 e. The van der Waals surface area contributed by atoms with Gasteiger partial charge < -0.3 is 14.8 Å². The molecule has 0 saturated carbocycles. The fraction of sp³-hybridized carbons (Fsp3) is 0.481. The number of aliphatic carboxylic acids is 1. The molecule has 1 aromatic carbocycles. The number of imidazole rings is 1. The summed E-state index contributed by atoms with van der Waals surface area (Å²) in [6, 6.07) is 8.21. The van der Waals surface area contributed by atoms with Crippen molar-refractivity contribution in [2.75, 3.05) is 18.0 Å². The number of piperazine rings is 1. The number of nitrogens with zero attached hydrogens (tertiary/aromatic N) is 4. The number of aryl methyl sites for hydroxylation is 1. The van der Waals surface area contributed by atoms with Crippen molar-refractivity contribution in [3.63, 3.8) is 0 Å². The molecule has 14 heteroatoms. The van der Waals surface area contributed by atoms with Gasteiger partial charge in [-0.15, -0.1) is 0 Å². The topological polar surface area (TPSA) is 105 Å². The van der Waals surface area contributed by atoms with Gasteiger partial charge in [-0.2, -0.15) is 13.2 Å². The van der Waals surface area contributed by atoms with E-state index in [-0.39, 0.29) is 34.7 Å². The standard InChI is InChI=1S/C25H29ClFN5O2.C2HF3O2/c1-25(2,3)14-32-20-9-10-21(28-22(20)29(4)24(32)34)30-12-17-7-6-16(30)13-31(17)23(33)18-11-15(26)5-8-19(18)27;3-2(4,5)1(6)7/h5,8-11,16-17H,6-7,12-14H2,1-4H3;(H,6,7). The number of piperidine rings is 2. The number of carbonyl (C=O) groups is 2. The van der Waals surface area contributed by atoms with Crippen LogP contribution in [0.2, 0.25) is 5.02 Å². The van der Waals surface area contributed by atoms with Crippen LogP contribution in [-0.2, 0) is 18.4 Å². The molecule has 3 aliphatic rings. The zero-order valence-corrected chi connectivity index (χ0v) is 23.6. The van der Waals surface area contributed by atoms with Gasteiger partial charge in [-0.3, -0.25) is 14.3 Å². The Morgan fingerprint density at radius 3 is 2.27 bits per heavy atom. The van der Waals surface area contributed by atoms with Crippen molar-refractivity contribution < 1.29 is 37.2 Å². The van der Waals surface area contributed by atoms with E-state index in [0.29, 0.717) is 24.7 Å². The van der Waals surface area contributed by atoms with Crippen LogP contribution in [0.3, 0.4) is 0 Å². The number of halogens is 5. The second-order valence-electron chi connectivity index (χ2n) is 11.5. The summed E-state index contributed by atoms with van der Waals surface area (Å²) in [5, 5.41) is 9.13. The zero-order chi connectivity index (χ0) is 30.4. The number of hydrogen-bond acceptors (Lipinski definition) is 5. The third-order valence-corrected chi connectivity index (χ3v) is 7.39. The normalized spacial score (nSPS) is 18.9. The van der Waals surface area contributed by atoms with E-state index in [9.17, 15) is 27.2 Å². The third kappa shape index (κ3) is 6.34. The fourth-order valence-electron chi connectivity index (χ4n) is 5.30. The lowest BCUT2D eigenvalue weighted by atomic mass is 9.90. The molecule has 3 saturated heterocycles. The summed E-state index contributed by atoms with van der Waals surface area (Å²) in [5.41, 5.74) is 1.61. The van der Waals surface area contributed by atoms with E-state index in [4.69, 9.17) is 21.5 Å². The Morgan fingerprint density at radius 1 is 1.07 bits per heavy atom. The third-order valence-electron chi connectivity index (χ3n) is 7.15. The van der Waals surface area contributed by atoms with Gasteiger partial charge in [0.15, 0.2) is 0 Å². The highest BCUT2D eigenvalue weighted by Gasteiger charge is 2.45. The monoisotopic (exact) mass is 599 g/mol. The first-order valence-corrected chi connectivity index (χ1v) is 13.3. The Labute approximate surface area is 237 Å². The first-order valence-electron chi connectivity index (χ1n) is 12.9. The van der Waals surface area contributed by atoms with Crippen molar-refractivity contribution in [1.82, 2.24) is 14.0 Å². The minimum atomic E-state index is -5.19. The Hall–Kier alpha value is -3.61. The van der Waals surface area contributed by atoms with Gasteiger partial charge in [0.05, 0.1) is 37.8 Å². The second kappa shape index (κ2) is 11.0. The summed E-state index contributed by atoms with van der Waals surface area (Å²) in [5.74, 6) is -2.94. The highest BCUT2D eigenvalue weighted by Crippen LogP contribution is 2.33. The lowest BCUT2D eigenvalue weighted by Crippen LogP contribution is -2.65. The number of amides is 1. The Kier molecular flexibility index (Phi) is 8.14. The number of nitrogens with one attached hydrogen (secondary N) is 1. The quantitative estimate of drug-likeness (QED) is 0.431. The van der Waals surface area contributed by atoms with Gasteiger partial charge in [-0.1, -0.05) is 32.4 Å². The molecule has 3 aliphatic heterocycles. The van der Waals surface area contributed by atoms with Crippen LogP contribution < -0.4 is 20.7 Å². The first kappa shape index (κ1) is 30.4. The van der Waals surface area contributed by atoms with Gasteiger partial charge >= 0.3 is 11.9 Å². The van der Waals surface area contributed by atoms with Crippen molar-refractivity contribution in [3.05, 3.63) is 57.2 Å². The Bertz CT molecular complexity index is 1550. The molecule has 0 spiro atoms. The molecule has 2 bridgehead atoms. The number of rotatable bonds is 3. The number of aromatic nitrogens is 3. The minimum Gasteiger partial charge on any atom is -0.542 e. The van der Waals surface area contributed by atoms with Crippen LogP contribution in [0.1, 0.15) is 44.0 Å². The number of carboxylic acid groups (broad SMARTS) is 1. The summed E-state index contributed by atoms with van der Waals surface area (Å²) >= 11 is 6.01. The van der Waals surface area contributed by atoms with E-state index < -0.39 is 18.0 Å². The molecule has 1 amide bonds. The number of fused-ring (bicyclic) bond motifs is 4. The van der Waals surface area contributed by atoms with Gasteiger partial charge in [0.1, 0.15) is 17.3 Å². The van der Waals surface area contributed by atoms with E-state index in [2.05, 4.69) is 30.7 Å². The van der Waals surface area contributed by atoms with Crippen molar-refractivity contribution in [2.45, 2.75) is 58.4 Å². The van der Waals surface area contributed by atoms with Crippen LogP contribution in [0, 0.1) is 11.2 Å². The van der Waals surface area contributed by atoms with Crippen molar-refractivity contribution in [2.24, 2.45) is 12.5 Å². The van der Waals surface area contributed by atoms with E-state index >= 15 is 0 Å². The molecule has 222 valence electrons. The minimum absolute atomic E-state index is 0.0192. The second-order valence-corrected chi connectivity index (χ2v) is 11.9. The fourth-order valence-corrected chi connectivity index (χ4v) is 5.47. The summed E-state index contributed by atoms with van der Waals surface area (Å²) in [6.45, 7) is 8.14. The van der Waals surface area contributed by atoms with Gasteiger partial charge in [0.2, 0.25) is 5.82 Å². The van der Waals surface area contributed by atoms with E-state index in [1.54, 1.807) is 16.5 Å². The predicted molar refractivity (Wildman–Crippen MR) is 141 cm³/mol.